The Hall–Kier alpha value is -1.35. The Balaban J connectivity index is 2.50. The van der Waals surface area contributed by atoms with E-state index in [0.717, 1.165) is 19.5 Å². The van der Waals surface area contributed by atoms with Crippen LogP contribution >= 0.6 is 0 Å². The van der Waals surface area contributed by atoms with Crippen molar-refractivity contribution < 1.29 is 4.79 Å². The van der Waals surface area contributed by atoms with Crippen molar-refractivity contribution in [2.45, 2.75) is 32.7 Å². The van der Waals surface area contributed by atoms with Gasteiger partial charge in [-0.05, 0) is 32.4 Å². The lowest BCUT2D eigenvalue weighted by molar-refractivity contribution is -0.135. The zero-order valence-electron chi connectivity index (χ0n) is 11.9. The molecule has 0 saturated heterocycles. The molecule has 0 fully saturated rings. The summed E-state index contributed by atoms with van der Waals surface area (Å²) in [6.07, 6.45) is 0.894. The first-order valence-electron chi connectivity index (χ1n) is 6.52. The maximum atomic E-state index is 12.2. The molecule has 1 amide bonds. The number of benzene rings is 1. The molecular formula is C15H24N2O. The van der Waals surface area contributed by atoms with E-state index in [2.05, 4.69) is 17.4 Å². The Bertz CT molecular complexity index is 373. The number of carbonyl (C=O) groups excluding carboxylic acids is 1. The largest absolute Gasteiger partial charge is 0.344 e. The standard InChI is InChI=1S/C15H24N2O/c1-5-16-15(2,3)14(18)17(4)12-11-13-9-7-6-8-10-13/h6-10,16H,5,11-12H2,1-4H3. The molecule has 1 rings (SSSR count). The second-order valence-corrected chi connectivity index (χ2v) is 5.12. The van der Waals surface area contributed by atoms with E-state index < -0.39 is 5.54 Å². The Morgan fingerprint density at radius 2 is 1.89 bits per heavy atom. The Morgan fingerprint density at radius 3 is 2.44 bits per heavy atom. The summed E-state index contributed by atoms with van der Waals surface area (Å²) < 4.78 is 0. The summed E-state index contributed by atoms with van der Waals surface area (Å²) in [6.45, 7) is 7.41. The van der Waals surface area contributed by atoms with Crippen LogP contribution in [0.25, 0.3) is 0 Å². The van der Waals surface area contributed by atoms with Crippen molar-refractivity contribution >= 4 is 5.91 Å². The van der Waals surface area contributed by atoms with Crippen molar-refractivity contribution in [3.63, 3.8) is 0 Å². The van der Waals surface area contributed by atoms with E-state index in [1.54, 1.807) is 4.90 Å². The third-order valence-corrected chi connectivity index (χ3v) is 3.08. The molecule has 0 aliphatic heterocycles. The normalized spacial score (nSPS) is 11.3. The first kappa shape index (κ1) is 14.7. The monoisotopic (exact) mass is 248 g/mol. The minimum absolute atomic E-state index is 0.139. The number of amides is 1. The van der Waals surface area contributed by atoms with E-state index in [1.807, 2.05) is 46.0 Å². The summed E-state index contributed by atoms with van der Waals surface area (Å²) in [4.78, 5) is 14.0. The van der Waals surface area contributed by atoms with Gasteiger partial charge in [0.15, 0.2) is 0 Å². The van der Waals surface area contributed by atoms with Gasteiger partial charge in [0.05, 0.1) is 5.54 Å². The molecule has 0 atom stereocenters. The third-order valence-electron chi connectivity index (χ3n) is 3.08. The van der Waals surface area contributed by atoms with Gasteiger partial charge in [-0.15, -0.1) is 0 Å². The average Bonchev–Trinajstić information content (AvgIpc) is 2.36. The first-order chi connectivity index (χ1) is 8.47. The molecule has 0 spiro atoms. The SMILES string of the molecule is CCNC(C)(C)C(=O)N(C)CCc1ccccc1. The molecule has 0 aromatic heterocycles. The molecule has 0 unspecified atom stereocenters. The van der Waals surface area contributed by atoms with Crippen molar-refractivity contribution in [3.05, 3.63) is 35.9 Å². The fraction of sp³-hybridized carbons (Fsp3) is 0.533. The highest BCUT2D eigenvalue weighted by Crippen LogP contribution is 2.08. The van der Waals surface area contributed by atoms with Crippen LogP contribution in [0.4, 0.5) is 0 Å². The highest BCUT2D eigenvalue weighted by molar-refractivity contribution is 5.85. The van der Waals surface area contributed by atoms with Crippen LogP contribution in [0.2, 0.25) is 0 Å². The molecule has 0 bridgehead atoms. The molecule has 0 heterocycles. The molecule has 0 radical (unpaired) electrons. The first-order valence-corrected chi connectivity index (χ1v) is 6.52. The lowest BCUT2D eigenvalue weighted by atomic mass is 10.0. The number of hydrogen-bond acceptors (Lipinski definition) is 2. The quantitative estimate of drug-likeness (QED) is 0.836. The van der Waals surface area contributed by atoms with Crippen molar-refractivity contribution in [2.75, 3.05) is 20.1 Å². The smallest absolute Gasteiger partial charge is 0.242 e. The number of rotatable bonds is 6. The molecule has 3 heteroatoms. The maximum absolute atomic E-state index is 12.2. The van der Waals surface area contributed by atoms with Crippen molar-refractivity contribution in [1.29, 1.82) is 0 Å². The lowest BCUT2D eigenvalue weighted by Gasteiger charge is -2.30. The number of likely N-dealkylation sites (N-methyl/N-ethyl adjacent to an activating group) is 2. The molecule has 0 aliphatic carbocycles. The molecule has 0 saturated carbocycles. The number of nitrogens with one attached hydrogen (secondary N) is 1. The van der Waals surface area contributed by atoms with Gasteiger partial charge in [0, 0.05) is 13.6 Å². The topological polar surface area (TPSA) is 32.3 Å². The molecule has 18 heavy (non-hydrogen) atoms. The predicted octanol–water partition coefficient (Wildman–Crippen LogP) is 2.08. The van der Waals surface area contributed by atoms with Gasteiger partial charge < -0.3 is 10.2 Å². The highest BCUT2D eigenvalue weighted by Gasteiger charge is 2.28. The van der Waals surface area contributed by atoms with Crippen molar-refractivity contribution in [3.8, 4) is 0 Å². The van der Waals surface area contributed by atoms with Gasteiger partial charge in [-0.1, -0.05) is 37.3 Å². The maximum Gasteiger partial charge on any atom is 0.242 e. The van der Waals surface area contributed by atoms with Gasteiger partial charge in [0.1, 0.15) is 0 Å². The Morgan fingerprint density at radius 1 is 1.28 bits per heavy atom. The van der Waals surface area contributed by atoms with Gasteiger partial charge in [0.25, 0.3) is 0 Å². The number of hydrogen-bond donors (Lipinski definition) is 1. The van der Waals surface area contributed by atoms with Crippen LogP contribution in [0.5, 0.6) is 0 Å². The third kappa shape index (κ3) is 4.15. The highest BCUT2D eigenvalue weighted by atomic mass is 16.2. The molecular weight excluding hydrogens is 224 g/mol. The van der Waals surface area contributed by atoms with Crippen LogP contribution in [0.3, 0.4) is 0 Å². The second kappa shape index (κ2) is 6.55. The zero-order chi connectivity index (χ0) is 13.6. The van der Waals surface area contributed by atoms with E-state index in [0.29, 0.717) is 0 Å². The van der Waals surface area contributed by atoms with E-state index in [9.17, 15) is 4.79 Å². The average molecular weight is 248 g/mol. The molecule has 1 aromatic rings. The molecule has 3 nitrogen and oxygen atoms in total. The van der Waals surface area contributed by atoms with Gasteiger partial charge >= 0.3 is 0 Å². The van der Waals surface area contributed by atoms with E-state index in [1.165, 1.54) is 5.56 Å². The van der Waals surface area contributed by atoms with Crippen molar-refractivity contribution in [2.24, 2.45) is 0 Å². The summed E-state index contributed by atoms with van der Waals surface area (Å²) in [5.41, 5.74) is 0.776. The molecule has 100 valence electrons. The minimum Gasteiger partial charge on any atom is -0.344 e. The van der Waals surface area contributed by atoms with Gasteiger partial charge in [0.2, 0.25) is 5.91 Å². The fourth-order valence-corrected chi connectivity index (χ4v) is 2.04. The molecule has 1 N–H and O–H groups in total. The zero-order valence-corrected chi connectivity index (χ0v) is 11.9. The summed E-state index contributed by atoms with van der Waals surface area (Å²) >= 11 is 0. The van der Waals surface area contributed by atoms with Gasteiger partial charge in [-0.3, -0.25) is 4.79 Å². The lowest BCUT2D eigenvalue weighted by Crippen LogP contribution is -2.53. The van der Waals surface area contributed by atoms with Crippen LogP contribution < -0.4 is 5.32 Å². The second-order valence-electron chi connectivity index (χ2n) is 5.12. The summed E-state index contributed by atoms with van der Waals surface area (Å²) in [5, 5.41) is 3.21. The van der Waals surface area contributed by atoms with Crippen LogP contribution in [-0.2, 0) is 11.2 Å². The number of nitrogens with zero attached hydrogens (tertiary/aromatic N) is 1. The van der Waals surface area contributed by atoms with Crippen LogP contribution in [0.15, 0.2) is 30.3 Å². The Kier molecular flexibility index (Phi) is 5.35. The van der Waals surface area contributed by atoms with E-state index in [4.69, 9.17) is 0 Å². The number of carbonyl (C=O) groups is 1. The van der Waals surface area contributed by atoms with Crippen molar-refractivity contribution in [1.82, 2.24) is 10.2 Å². The summed E-state index contributed by atoms with van der Waals surface area (Å²) in [6, 6.07) is 10.2. The predicted molar refractivity (Wildman–Crippen MR) is 75.5 cm³/mol. The van der Waals surface area contributed by atoms with E-state index in [-0.39, 0.29) is 5.91 Å². The molecule has 0 aliphatic rings. The van der Waals surface area contributed by atoms with Gasteiger partial charge in [-0.25, -0.2) is 0 Å². The fourth-order valence-electron chi connectivity index (χ4n) is 2.04. The summed E-state index contributed by atoms with van der Waals surface area (Å²) in [7, 11) is 1.87. The van der Waals surface area contributed by atoms with Crippen LogP contribution in [0, 0.1) is 0 Å². The summed E-state index contributed by atoms with van der Waals surface area (Å²) in [5.74, 6) is 0.139. The minimum atomic E-state index is -0.486. The van der Waals surface area contributed by atoms with Gasteiger partial charge in [-0.2, -0.15) is 0 Å². The molecule has 1 aromatic carbocycles. The van der Waals surface area contributed by atoms with E-state index >= 15 is 0 Å². The Labute approximate surface area is 110 Å². The van der Waals surface area contributed by atoms with Crippen LogP contribution in [0.1, 0.15) is 26.3 Å². The van der Waals surface area contributed by atoms with Crippen LogP contribution in [-0.4, -0.2) is 36.5 Å².